The topological polar surface area (TPSA) is 118 Å². The predicted molar refractivity (Wildman–Crippen MR) is 80.9 cm³/mol. The largest absolute Gasteiger partial charge is 0.471 e. The predicted octanol–water partition coefficient (Wildman–Crippen LogP) is 1.61. The second-order valence-electron chi connectivity index (χ2n) is 5.73. The summed E-state index contributed by atoms with van der Waals surface area (Å²) in [6.07, 6.45) is 5.00. The minimum absolute atomic E-state index is 0.0792. The van der Waals surface area contributed by atoms with Crippen LogP contribution in [-0.2, 0) is 11.2 Å². The van der Waals surface area contributed by atoms with E-state index in [0.717, 1.165) is 10.9 Å². The Balaban J connectivity index is 2.44. The number of hydrogen-bond acceptors (Lipinski definition) is 5. The van der Waals surface area contributed by atoms with Crippen LogP contribution < -0.4 is 10.5 Å². The highest BCUT2D eigenvalue weighted by Gasteiger charge is 2.18. The summed E-state index contributed by atoms with van der Waals surface area (Å²) >= 11 is 0. The summed E-state index contributed by atoms with van der Waals surface area (Å²) in [5, 5.41) is 9.60. The van der Waals surface area contributed by atoms with Gasteiger partial charge in [0.05, 0.1) is 5.39 Å². The highest BCUT2D eigenvalue weighted by Crippen LogP contribution is 2.28. The maximum absolute atomic E-state index is 11.1. The van der Waals surface area contributed by atoms with Gasteiger partial charge in [0.1, 0.15) is 29.2 Å². The van der Waals surface area contributed by atoms with Crippen molar-refractivity contribution >= 4 is 16.9 Å². The van der Waals surface area contributed by atoms with Crippen molar-refractivity contribution in [3.05, 3.63) is 29.7 Å². The summed E-state index contributed by atoms with van der Waals surface area (Å²) in [6.45, 7) is 5.77. The number of carbonyl (C=O) groups excluding carboxylic acids is 1. The van der Waals surface area contributed by atoms with E-state index in [1.165, 1.54) is 12.4 Å². The summed E-state index contributed by atoms with van der Waals surface area (Å²) in [4.78, 5) is 22.4. The van der Waals surface area contributed by atoms with Gasteiger partial charge in [0.2, 0.25) is 5.88 Å². The first-order chi connectivity index (χ1) is 10.3. The number of amides is 1. The molecule has 7 nitrogen and oxygen atoms in total. The molecule has 0 unspecified atom stereocenters. The number of aromatic nitrogens is 3. The molecule has 1 amide bonds. The zero-order valence-electron chi connectivity index (χ0n) is 12.7. The van der Waals surface area contributed by atoms with Crippen LogP contribution in [0.25, 0.3) is 11.0 Å². The molecule has 0 saturated heterocycles. The van der Waals surface area contributed by atoms with Gasteiger partial charge in [-0.05, 0) is 32.8 Å². The summed E-state index contributed by atoms with van der Waals surface area (Å²) in [7, 11) is 0. The zero-order valence-corrected chi connectivity index (χ0v) is 12.7. The van der Waals surface area contributed by atoms with E-state index in [4.69, 9.17) is 15.7 Å². The van der Waals surface area contributed by atoms with Gasteiger partial charge in [-0.2, -0.15) is 5.26 Å². The number of nitriles is 1. The fraction of sp³-hybridized carbons (Fsp3) is 0.333. The first-order valence-electron chi connectivity index (χ1n) is 6.72. The quantitative estimate of drug-likeness (QED) is 0.657. The third-order valence-corrected chi connectivity index (χ3v) is 2.83. The first-order valence-corrected chi connectivity index (χ1v) is 6.72. The van der Waals surface area contributed by atoms with Crippen LogP contribution in [0.4, 0.5) is 0 Å². The van der Waals surface area contributed by atoms with E-state index >= 15 is 0 Å². The number of H-pyrrole nitrogens is 1. The summed E-state index contributed by atoms with van der Waals surface area (Å²) in [5.41, 5.74) is 6.10. The van der Waals surface area contributed by atoms with E-state index in [1.807, 2.05) is 20.8 Å². The molecule has 114 valence electrons. The van der Waals surface area contributed by atoms with Gasteiger partial charge in [-0.25, -0.2) is 9.97 Å². The molecule has 0 aliphatic carbocycles. The molecule has 2 aromatic heterocycles. The standard InChI is InChI=1S/C15H17N5O2/c1-15(2,3)22-14-11-10(5-4-9(6-16)12(17)21)7-18-13(11)19-8-20-14/h4,7-8H,5H2,1-3H3,(H2,17,21)(H,18,19,20). The van der Waals surface area contributed by atoms with E-state index in [9.17, 15) is 4.79 Å². The van der Waals surface area contributed by atoms with Gasteiger partial charge >= 0.3 is 0 Å². The van der Waals surface area contributed by atoms with Gasteiger partial charge in [-0.1, -0.05) is 6.08 Å². The molecule has 7 heteroatoms. The molecular weight excluding hydrogens is 282 g/mol. The number of nitrogens with one attached hydrogen (secondary N) is 1. The molecule has 0 aliphatic rings. The van der Waals surface area contributed by atoms with Crippen molar-refractivity contribution in [2.75, 3.05) is 0 Å². The maximum atomic E-state index is 11.1. The Labute approximate surface area is 127 Å². The van der Waals surface area contributed by atoms with Crippen molar-refractivity contribution < 1.29 is 9.53 Å². The molecule has 2 heterocycles. The molecule has 0 saturated carbocycles. The van der Waals surface area contributed by atoms with Crippen LogP contribution in [0, 0.1) is 11.3 Å². The molecule has 0 fully saturated rings. The lowest BCUT2D eigenvalue weighted by Gasteiger charge is -2.20. The molecule has 0 spiro atoms. The summed E-state index contributed by atoms with van der Waals surface area (Å²) < 4.78 is 5.85. The molecule has 0 aromatic carbocycles. The average molecular weight is 299 g/mol. The molecule has 2 rings (SSSR count). The minimum atomic E-state index is -0.746. The van der Waals surface area contributed by atoms with E-state index in [1.54, 1.807) is 12.3 Å². The molecule has 0 bridgehead atoms. The van der Waals surface area contributed by atoms with Crippen LogP contribution in [-0.4, -0.2) is 26.5 Å². The van der Waals surface area contributed by atoms with Gasteiger partial charge in [0, 0.05) is 6.20 Å². The molecular formula is C15H17N5O2. The smallest absolute Gasteiger partial charge is 0.259 e. The Morgan fingerprint density at radius 3 is 2.82 bits per heavy atom. The van der Waals surface area contributed by atoms with Gasteiger partial charge < -0.3 is 15.5 Å². The fourth-order valence-electron chi connectivity index (χ4n) is 1.94. The second-order valence-corrected chi connectivity index (χ2v) is 5.73. The number of allylic oxidation sites excluding steroid dienone is 1. The van der Waals surface area contributed by atoms with Crippen LogP contribution in [0.3, 0.4) is 0 Å². The summed E-state index contributed by atoms with van der Waals surface area (Å²) in [6, 6.07) is 1.78. The molecule has 22 heavy (non-hydrogen) atoms. The highest BCUT2D eigenvalue weighted by molar-refractivity contribution is 5.96. The minimum Gasteiger partial charge on any atom is -0.471 e. The number of nitrogens with zero attached hydrogens (tertiary/aromatic N) is 3. The van der Waals surface area contributed by atoms with E-state index in [2.05, 4.69) is 15.0 Å². The number of fused-ring (bicyclic) bond motifs is 1. The molecule has 0 radical (unpaired) electrons. The van der Waals surface area contributed by atoms with Crippen molar-refractivity contribution in [2.24, 2.45) is 5.73 Å². The van der Waals surface area contributed by atoms with Crippen molar-refractivity contribution in [2.45, 2.75) is 32.8 Å². The van der Waals surface area contributed by atoms with Crippen LogP contribution in [0.1, 0.15) is 26.3 Å². The Hall–Kier alpha value is -2.88. The number of nitrogens with two attached hydrogens (primary N) is 1. The third kappa shape index (κ3) is 3.41. The zero-order chi connectivity index (χ0) is 16.3. The number of aromatic amines is 1. The molecule has 2 aromatic rings. The Bertz CT molecular complexity index is 777. The van der Waals surface area contributed by atoms with Crippen LogP contribution in [0.2, 0.25) is 0 Å². The Morgan fingerprint density at radius 1 is 1.50 bits per heavy atom. The SMILES string of the molecule is CC(C)(C)Oc1ncnc2[nH]cc(CC=C(C#N)C(N)=O)c12. The van der Waals surface area contributed by atoms with Gasteiger partial charge in [-0.15, -0.1) is 0 Å². The maximum Gasteiger partial charge on any atom is 0.259 e. The van der Waals surface area contributed by atoms with Crippen LogP contribution in [0.5, 0.6) is 5.88 Å². The number of rotatable bonds is 4. The second kappa shape index (κ2) is 5.85. The van der Waals surface area contributed by atoms with E-state index in [0.29, 0.717) is 17.9 Å². The number of ether oxygens (including phenoxy) is 1. The lowest BCUT2D eigenvalue weighted by atomic mass is 10.1. The summed E-state index contributed by atoms with van der Waals surface area (Å²) in [5.74, 6) is -0.288. The van der Waals surface area contributed by atoms with Crippen molar-refractivity contribution in [3.8, 4) is 11.9 Å². The van der Waals surface area contributed by atoms with Crippen molar-refractivity contribution in [1.82, 2.24) is 15.0 Å². The molecule has 3 N–H and O–H groups in total. The lowest BCUT2D eigenvalue weighted by Crippen LogP contribution is -2.23. The van der Waals surface area contributed by atoms with E-state index < -0.39 is 11.5 Å². The fourth-order valence-corrected chi connectivity index (χ4v) is 1.94. The average Bonchev–Trinajstić information content (AvgIpc) is 2.82. The van der Waals surface area contributed by atoms with Gasteiger partial charge in [-0.3, -0.25) is 4.79 Å². The van der Waals surface area contributed by atoms with Crippen LogP contribution >= 0.6 is 0 Å². The third-order valence-electron chi connectivity index (χ3n) is 2.83. The first kappa shape index (κ1) is 15.5. The number of primary amides is 1. The monoisotopic (exact) mass is 299 g/mol. The van der Waals surface area contributed by atoms with E-state index in [-0.39, 0.29) is 5.57 Å². The highest BCUT2D eigenvalue weighted by atomic mass is 16.5. The Morgan fingerprint density at radius 2 is 2.23 bits per heavy atom. The normalized spacial score (nSPS) is 12.2. The number of carbonyl (C=O) groups is 1. The molecule has 0 aliphatic heterocycles. The van der Waals surface area contributed by atoms with Crippen LogP contribution in [0.15, 0.2) is 24.2 Å². The Kier molecular flexibility index (Phi) is 4.13. The van der Waals surface area contributed by atoms with Gasteiger partial charge in [0.15, 0.2) is 0 Å². The lowest BCUT2D eigenvalue weighted by molar-refractivity contribution is -0.114. The van der Waals surface area contributed by atoms with Crippen molar-refractivity contribution in [1.29, 1.82) is 5.26 Å². The molecule has 0 atom stereocenters. The number of hydrogen-bond donors (Lipinski definition) is 2. The van der Waals surface area contributed by atoms with Crippen molar-refractivity contribution in [3.63, 3.8) is 0 Å². The van der Waals surface area contributed by atoms with Gasteiger partial charge in [0.25, 0.3) is 5.91 Å².